The van der Waals surface area contributed by atoms with E-state index < -0.39 is 5.82 Å². The average Bonchev–Trinajstić information content (AvgIpc) is 2.56. The van der Waals surface area contributed by atoms with E-state index in [1.165, 1.54) is 18.2 Å². The molecule has 1 saturated heterocycles. The van der Waals surface area contributed by atoms with Crippen LogP contribution in [0.25, 0.3) is 0 Å². The number of benzene rings is 1. The zero-order valence-corrected chi connectivity index (χ0v) is 14.0. The van der Waals surface area contributed by atoms with Crippen LogP contribution in [0.15, 0.2) is 18.2 Å². The standard InChI is InChI=1S/C16H23ClFN3O2/c1-20(7-2-10-22)13-5-8-21(9-6-13)16(23)19-15-11-12(17)3-4-14(15)18/h3-4,11,13,22H,2,5-10H2,1H3,(H,19,23). The number of halogens is 2. The van der Waals surface area contributed by atoms with Gasteiger partial charge in [-0.25, -0.2) is 9.18 Å². The van der Waals surface area contributed by atoms with Gasteiger partial charge in [-0.05, 0) is 44.5 Å². The molecule has 0 aromatic heterocycles. The predicted molar refractivity (Wildman–Crippen MR) is 89.4 cm³/mol. The molecule has 0 bridgehead atoms. The monoisotopic (exact) mass is 343 g/mol. The third kappa shape index (κ3) is 5.06. The number of rotatable bonds is 5. The Kier molecular flexibility index (Phi) is 6.62. The number of aliphatic hydroxyl groups excluding tert-OH is 1. The third-order valence-corrected chi connectivity index (χ3v) is 4.45. The molecule has 0 unspecified atom stereocenters. The Morgan fingerprint density at radius 1 is 1.48 bits per heavy atom. The number of hydrogen-bond acceptors (Lipinski definition) is 3. The summed E-state index contributed by atoms with van der Waals surface area (Å²) in [5, 5.41) is 11.8. The fourth-order valence-corrected chi connectivity index (χ4v) is 2.97. The number of hydrogen-bond donors (Lipinski definition) is 2. The Bertz CT molecular complexity index is 536. The number of carbonyl (C=O) groups excluding carboxylic acids is 1. The van der Waals surface area contributed by atoms with E-state index in [0.29, 0.717) is 24.2 Å². The minimum absolute atomic E-state index is 0.102. The number of likely N-dealkylation sites (tertiary alicyclic amines) is 1. The Labute approximate surface area is 141 Å². The van der Waals surface area contributed by atoms with Crippen LogP contribution in [-0.2, 0) is 0 Å². The molecule has 1 aromatic carbocycles. The van der Waals surface area contributed by atoms with Crippen LogP contribution in [0.2, 0.25) is 5.02 Å². The number of amides is 2. The van der Waals surface area contributed by atoms with Gasteiger partial charge in [-0.2, -0.15) is 0 Å². The van der Waals surface area contributed by atoms with Crippen LogP contribution in [0, 0.1) is 5.82 Å². The second-order valence-corrected chi connectivity index (χ2v) is 6.27. The quantitative estimate of drug-likeness (QED) is 0.864. The first-order valence-electron chi connectivity index (χ1n) is 7.83. The summed E-state index contributed by atoms with van der Waals surface area (Å²) in [4.78, 5) is 16.2. The summed E-state index contributed by atoms with van der Waals surface area (Å²) in [6.45, 7) is 2.29. The summed E-state index contributed by atoms with van der Waals surface area (Å²) in [6.07, 6.45) is 2.49. The molecule has 5 nitrogen and oxygen atoms in total. The summed E-state index contributed by atoms with van der Waals surface area (Å²) < 4.78 is 13.7. The number of piperidine rings is 1. The van der Waals surface area contributed by atoms with Crippen LogP contribution in [0.5, 0.6) is 0 Å². The lowest BCUT2D eigenvalue weighted by atomic mass is 10.0. The molecule has 2 N–H and O–H groups in total. The Balaban J connectivity index is 1.85. The summed E-state index contributed by atoms with van der Waals surface area (Å²) >= 11 is 5.83. The van der Waals surface area contributed by atoms with Crippen LogP contribution in [0.1, 0.15) is 19.3 Å². The Morgan fingerprint density at radius 2 is 2.17 bits per heavy atom. The van der Waals surface area contributed by atoms with Crippen molar-refractivity contribution in [3.05, 3.63) is 29.0 Å². The van der Waals surface area contributed by atoms with Crippen molar-refractivity contribution in [1.29, 1.82) is 0 Å². The number of anilines is 1. The van der Waals surface area contributed by atoms with Gasteiger partial charge >= 0.3 is 6.03 Å². The zero-order chi connectivity index (χ0) is 16.8. The van der Waals surface area contributed by atoms with Crippen molar-refractivity contribution in [2.24, 2.45) is 0 Å². The van der Waals surface area contributed by atoms with Gasteiger partial charge in [-0.1, -0.05) is 11.6 Å². The highest BCUT2D eigenvalue weighted by Gasteiger charge is 2.25. The summed E-state index contributed by atoms with van der Waals surface area (Å²) in [7, 11) is 2.04. The third-order valence-electron chi connectivity index (χ3n) is 4.21. The molecular formula is C16H23ClFN3O2. The van der Waals surface area contributed by atoms with Crippen molar-refractivity contribution in [2.45, 2.75) is 25.3 Å². The first kappa shape index (κ1) is 18.0. The van der Waals surface area contributed by atoms with Gasteiger partial charge in [0.2, 0.25) is 0 Å². The van der Waals surface area contributed by atoms with Gasteiger partial charge in [0.1, 0.15) is 5.82 Å². The van der Waals surface area contributed by atoms with E-state index in [9.17, 15) is 9.18 Å². The minimum Gasteiger partial charge on any atom is -0.396 e. The second kappa shape index (κ2) is 8.47. The lowest BCUT2D eigenvalue weighted by Crippen LogP contribution is -2.47. The fourth-order valence-electron chi connectivity index (χ4n) is 2.80. The molecule has 2 rings (SSSR count). The lowest BCUT2D eigenvalue weighted by Gasteiger charge is -2.36. The normalized spacial score (nSPS) is 16.0. The summed E-state index contributed by atoms with van der Waals surface area (Å²) in [5.41, 5.74) is 0.102. The Morgan fingerprint density at radius 3 is 2.83 bits per heavy atom. The summed E-state index contributed by atoms with van der Waals surface area (Å²) in [6, 6.07) is 4.20. The molecule has 0 aliphatic carbocycles. The van der Waals surface area contributed by atoms with Gasteiger partial charge in [0.25, 0.3) is 0 Å². The maximum Gasteiger partial charge on any atom is 0.321 e. The molecule has 0 saturated carbocycles. The van der Waals surface area contributed by atoms with E-state index in [1.54, 1.807) is 4.90 Å². The minimum atomic E-state index is -0.499. The Hall–Kier alpha value is -1.37. The van der Waals surface area contributed by atoms with Crippen LogP contribution in [0.3, 0.4) is 0 Å². The number of nitrogens with one attached hydrogen (secondary N) is 1. The molecule has 1 fully saturated rings. The number of aliphatic hydroxyl groups is 1. The van der Waals surface area contributed by atoms with Crippen molar-refractivity contribution >= 4 is 23.3 Å². The van der Waals surface area contributed by atoms with Crippen LogP contribution in [-0.4, -0.2) is 60.3 Å². The molecule has 0 spiro atoms. The van der Waals surface area contributed by atoms with E-state index in [0.717, 1.165) is 25.8 Å². The van der Waals surface area contributed by atoms with Crippen molar-refractivity contribution < 1.29 is 14.3 Å². The van der Waals surface area contributed by atoms with Crippen LogP contribution < -0.4 is 5.32 Å². The van der Waals surface area contributed by atoms with Gasteiger partial charge in [0, 0.05) is 37.3 Å². The van der Waals surface area contributed by atoms with Gasteiger partial charge in [0.05, 0.1) is 5.69 Å². The van der Waals surface area contributed by atoms with Crippen LogP contribution >= 0.6 is 11.6 Å². The van der Waals surface area contributed by atoms with Crippen molar-refractivity contribution in [3.63, 3.8) is 0 Å². The van der Waals surface area contributed by atoms with E-state index in [1.807, 2.05) is 7.05 Å². The highest BCUT2D eigenvalue weighted by Crippen LogP contribution is 2.21. The van der Waals surface area contributed by atoms with Gasteiger partial charge in [-0.15, -0.1) is 0 Å². The fraction of sp³-hybridized carbons (Fsp3) is 0.562. The van der Waals surface area contributed by atoms with Crippen molar-refractivity contribution in [1.82, 2.24) is 9.80 Å². The van der Waals surface area contributed by atoms with Crippen LogP contribution in [0.4, 0.5) is 14.9 Å². The van der Waals surface area contributed by atoms with Gasteiger partial charge < -0.3 is 20.2 Å². The number of carbonyl (C=O) groups is 1. The smallest absolute Gasteiger partial charge is 0.321 e. The molecular weight excluding hydrogens is 321 g/mol. The maximum atomic E-state index is 13.7. The first-order chi connectivity index (χ1) is 11.0. The predicted octanol–water partition coefficient (Wildman–Crippen LogP) is 2.79. The number of nitrogens with zero attached hydrogens (tertiary/aromatic N) is 2. The SMILES string of the molecule is CN(CCCO)C1CCN(C(=O)Nc2cc(Cl)ccc2F)CC1. The topological polar surface area (TPSA) is 55.8 Å². The highest BCUT2D eigenvalue weighted by atomic mass is 35.5. The molecule has 1 aliphatic rings. The van der Waals surface area contributed by atoms with Gasteiger partial charge in [-0.3, -0.25) is 0 Å². The first-order valence-corrected chi connectivity index (χ1v) is 8.21. The zero-order valence-electron chi connectivity index (χ0n) is 13.3. The molecule has 23 heavy (non-hydrogen) atoms. The molecule has 128 valence electrons. The van der Waals surface area contributed by atoms with E-state index in [2.05, 4.69) is 10.2 Å². The highest BCUT2D eigenvalue weighted by molar-refractivity contribution is 6.30. The van der Waals surface area contributed by atoms with E-state index >= 15 is 0 Å². The van der Waals surface area contributed by atoms with Crippen molar-refractivity contribution in [2.75, 3.05) is 38.6 Å². The largest absolute Gasteiger partial charge is 0.396 e. The molecule has 0 radical (unpaired) electrons. The maximum absolute atomic E-state index is 13.7. The average molecular weight is 344 g/mol. The van der Waals surface area contributed by atoms with E-state index in [-0.39, 0.29) is 18.3 Å². The van der Waals surface area contributed by atoms with Crippen molar-refractivity contribution in [3.8, 4) is 0 Å². The lowest BCUT2D eigenvalue weighted by molar-refractivity contribution is 0.134. The number of urea groups is 1. The second-order valence-electron chi connectivity index (χ2n) is 5.83. The molecule has 0 atom stereocenters. The summed E-state index contributed by atoms with van der Waals surface area (Å²) in [5.74, 6) is -0.499. The molecule has 2 amide bonds. The van der Waals surface area contributed by atoms with Gasteiger partial charge in [0.15, 0.2) is 0 Å². The van der Waals surface area contributed by atoms with E-state index in [4.69, 9.17) is 16.7 Å². The molecule has 1 aromatic rings. The molecule has 1 aliphatic heterocycles. The molecule has 7 heteroatoms. The molecule has 1 heterocycles.